The molecule has 9 rings (SSSR count). The monoisotopic (exact) mass is 796 g/mol. The van der Waals surface area contributed by atoms with E-state index in [2.05, 4.69) is 67.8 Å². The van der Waals surface area contributed by atoms with Crippen LogP contribution in [0.1, 0.15) is 70.5 Å². The number of nitrogens with zero attached hydrogens (tertiary/aromatic N) is 3. The molecule has 0 bridgehead atoms. The van der Waals surface area contributed by atoms with Crippen LogP contribution in [0.25, 0.3) is 49.9 Å². The fraction of sp³-hybridized carbons (Fsp3) is 0.148. The Morgan fingerprint density at radius 1 is 0.567 bits per heavy atom. The topological polar surface area (TPSA) is 64.0 Å². The molecule has 0 unspecified atom stereocenters. The summed E-state index contributed by atoms with van der Waals surface area (Å²) in [5.74, 6) is 1.78. The molecule has 0 aliphatic rings. The van der Waals surface area contributed by atoms with Gasteiger partial charge in [0, 0.05) is 52.1 Å². The van der Waals surface area contributed by atoms with E-state index in [4.69, 9.17) is 24.8 Å². The summed E-state index contributed by atoms with van der Waals surface area (Å²) < 4.78 is 123. The van der Waals surface area contributed by atoms with Crippen LogP contribution in [0.3, 0.4) is 0 Å². The van der Waals surface area contributed by atoms with E-state index in [0.717, 1.165) is 38.8 Å². The summed E-state index contributed by atoms with van der Waals surface area (Å²) in [7, 11) is 0. The van der Waals surface area contributed by atoms with Crippen molar-refractivity contribution in [2.24, 2.45) is 0 Å². The van der Waals surface area contributed by atoms with Gasteiger partial charge in [0.1, 0.15) is 17.3 Å². The summed E-state index contributed by atoms with van der Waals surface area (Å²) in [6.07, 6.45) is 5.41. The first-order chi connectivity index (χ1) is 34.4. The van der Waals surface area contributed by atoms with Crippen molar-refractivity contribution in [2.45, 2.75) is 52.4 Å². The van der Waals surface area contributed by atoms with E-state index in [1.54, 1.807) is 30.5 Å². The number of para-hydroxylation sites is 3. The summed E-state index contributed by atoms with van der Waals surface area (Å²) in [6.45, 7) is 12.7. The Kier molecular flexibility index (Phi) is 6.74. The predicted molar refractivity (Wildman–Crippen MR) is 251 cm³/mol. The maximum Gasteiger partial charge on any atom is 0.137 e. The maximum absolute atomic E-state index is 9.23. The number of nitrogens with one attached hydrogen (secondary N) is 2. The second-order valence-corrected chi connectivity index (χ2v) is 16.5. The van der Waals surface area contributed by atoms with Gasteiger partial charge in [0.2, 0.25) is 0 Å². The number of hydrogen-bond acceptors (Lipinski definition) is 5. The molecule has 0 saturated heterocycles. The van der Waals surface area contributed by atoms with E-state index in [0.29, 0.717) is 22.9 Å². The van der Waals surface area contributed by atoms with Crippen LogP contribution in [0.5, 0.6) is 11.5 Å². The van der Waals surface area contributed by atoms with Crippen LogP contribution < -0.4 is 15.4 Å². The zero-order valence-electron chi connectivity index (χ0n) is 47.0. The number of ether oxygens (including phenoxy) is 1. The number of rotatable bonds is 9. The lowest BCUT2D eigenvalue weighted by Crippen LogP contribution is -2.12. The zero-order chi connectivity index (χ0) is 52.7. The Hall–Kier alpha value is -7.18. The molecule has 3 heterocycles. The summed E-state index contributed by atoms with van der Waals surface area (Å²) in [5, 5.41) is 8.67. The second kappa shape index (κ2) is 15.5. The number of pyridine rings is 2. The van der Waals surface area contributed by atoms with Gasteiger partial charge >= 0.3 is 0 Å². The largest absolute Gasteiger partial charge is 0.457 e. The van der Waals surface area contributed by atoms with Gasteiger partial charge in [0.15, 0.2) is 0 Å². The molecule has 6 heteroatoms. The van der Waals surface area contributed by atoms with Crippen LogP contribution in [0.2, 0.25) is 0 Å². The van der Waals surface area contributed by atoms with Gasteiger partial charge in [-0.3, -0.25) is 9.55 Å². The van der Waals surface area contributed by atoms with E-state index in [1.165, 1.54) is 0 Å². The van der Waals surface area contributed by atoms with Gasteiger partial charge < -0.3 is 15.4 Å². The van der Waals surface area contributed by atoms with Gasteiger partial charge in [-0.2, -0.15) is 0 Å². The van der Waals surface area contributed by atoms with Crippen LogP contribution in [0, 0.1) is 0 Å². The molecule has 296 valence electrons. The summed E-state index contributed by atoms with van der Waals surface area (Å²) in [4.78, 5) is 9.25. The fourth-order valence-corrected chi connectivity index (χ4v) is 7.11. The van der Waals surface area contributed by atoms with Gasteiger partial charge in [-0.15, -0.1) is 0 Å². The molecule has 0 saturated carbocycles. The van der Waals surface area contributed by atoms with Gasteiger partial charge in [0.05, 0.1) is 52.1 Å². The lowest BCUT2D eigenvalue weighted by molar-refractivity contribution is 0.479. The van der Waals surface area contributed by atoms with E-state index in [-0.39, 0.29) is 22.2 Å². The van der Waals surface area contributed by atoms with Crippen LogP contribution in [0.15, 0.2) is 176 Å². The first-order valence-electron chi connectivity index (χ1n) is 26.0. The molecule has 6 nitrogen and oxygen atoms in total. The number of benzene rings is 6. The standard InChI is InChI=1S/C54H49N5O/c1-53(2,3)38-26-29-56-51(32-38)59-49-34-41(24-25-45(49)46-27-28-55-35-50(46)59)60-42-31-39(54(4,5)6)30-40(33-42)57-47-22-13-14-23-48(47)58-52-43(36-16-9-7-10-17-36)20-15-21-44(52)37-18-11-8-12-19-37/h7-35,57-58H,1-6H3/i7D,8D,9D,10D,11D,12D,15D,16D,17D,18D,19D,20D,21D. The Balaban J connectivity index is 1.19. The second-order valence-electron chi connectivity index (χ2n) is 16.5. The van der Waals surface area contributed by atoms with Gasteiger partial charge in [-0.1, -0.05) is 132 Å². The van der Waals surface area contributed by atoms with Crippen molar-refractivity contribution in [1.29, 1.82) is 0 Å². The van der Waals surface area contributed by atoms with Crippen LogP contribution >= 0.6 is 0 Å². The first-order valence-corrected chi connectivity index (χ1v) is 19.5. The van der Waals surface area contributed by atoms with Crippen LogP contribution in [-0.2, 0) is 10.8 Å². The normalized spacial score (nSPS) is 14.9. The minimum atomic E-state index is -0.767. The summed E-state index contributed by atoms with van der Waals surface area (Å²) in [6, 6.07) is 15.2. The average molecular weight is 797 g/mol. The van der Waals surface area contributed by atoms with E-state index in [9.17, 15) is 2.74 Å². The van der Waals surface area contributed by atoms with Gasteiger partial charge in [-0.05, 0) is 87.7 Å². The number of hydrogen-bond donors (Lipinski definition) is 2. The third-order valence-corrected chi connectivity index (χ3v) is 10.2. The minimum absolute atomic E-state index is 0.123. The number of fused-ring (bicyclic) bond motifs is 3. The molecule has 6 aromatic carbocycles. The molecule has 0 aliphatic carbocycles. The van der Waals surface area contributed by atoms with Crippen molar-refractivity contribution in [3.8, 4) is 39.6 Å². The molecule has 0 atom stereocenters. The van der Waals surface area contributed by atoms with Gasteiger partial charge in [-0.25, -0.2) is 4.98 Å². The molecule has 0 amide bonds. The van der Waals surface area contributed by atoms with Crippen molar-refractivity contribution in [2.75, 3.05) is 10.6 Å². The van der Waals surface area contributed by atoms with Crippen molar-refractivity contribution in [3.05, 3.63) is 187 Å². The highest BCUT2D eigenvalue weighted by Gasteiger charge is 2.21. The number of aromatic nitrogens is 3. The lowest BCUT2D eigenvalue weighted by atomic mass is 9.86. The third kappa shape index (κ3) is 7.72. The quantitative estimate of drug-likeness (QED) is 0.152. The molecule has 0 spiro atoms. The molecule has 0 aliphatic heterocycles. The van der Waals surface area contributed by atoms with Crippen molar-refractivity contribution < 1.29 is 22.6 Å². The Labute approximate surface area is 370 Å². The highest BCUT2D eigenvalue weighted by atomic mass is 16.5. The summed E-state index contributed by atoms with van der Waals surface area (Å²) in [5.41, 5.74) is 2.38. The van der Waals surface area contributed by atoms with Crippen LogP contribution in [0.4, 0.5) is 22.7 Å². The van der Waals surface area contributed by atoms with E-state index < -0.39 is 101 Å². The smallest absolute Gasteiger partial charge is 0.137 e. The maximum atomic E-state index is 9.23. The molecule has 60 heavy (non-hydrogen) atoms. The Morgan fingerprint density at radius 3 is 1.88 bits per heavy atom. The molecule has 3 aromatic heterocycles. The lowest BCUT2D eigenvalue weighted by Gasteiger charge is -2.23. The predicted octanol–water partition coefficient (Wildman–Crippen LogP) is 14.8. The molecule has 2 N–H and O–H groups in total. The zero-order valence-corrected chi connectivity index (χ0v) is 34.0. The molecule has 0 radical (unpaired) electrons. The van der Waals surface area contributed by atoms with Crippen molar-refractivity contribution >= 4 is 44.6 Å². The van der Waals surface area contributed by atoms with Gasteiger partial charge in [0.25, 0.3) is 0 Å². The minimum Gasteiger partial charge on any atom is -0.457 e. The fourth-order valence-electron chi connectivity index (χ4n) is 7.11. The molecular weight excluding hydrogens is 735 g/mol. The van der Waals surface area contributed by atoms with Crippen molar-refractivity contribution in [1.82, 2.24) is 14.5 Å². The average Bonchev–Trinajstić information content (AvgIpc) is 3.68. The Bertz CT molecular complexity index is 3600. The van der Waals surface area contributed by atoms with Crippen molar-refractivity contribution in [3.63, 3.8) is 0 Å². The molecule has 9 aromatic rings. The first kappa shape index (κ1) is 26.0. The Morgan fingerprint density at radius 2 is 1.22 bits per heavy atom. The number of anilines is 4. The highest BCUT2D eigenvalue weighted by molar-refractivity contribution is 6.09. The van der Waals surface area contributed by atoms with Crippen LogP contribution in [-0.4, -0.2) is 14.5 Å². The SMILES string of the molecule is [2H]c1c([2H])c([2H])c(-c2c([2H])c([2H])c([2H])c(-c3c([2H])c([2H])c([2H])c([2H])c3[2H])c2Nc2ccccc2Nc2cc(Oc3ccc4c5ccncc5n(-c5cc(C(C)(C)C)ccn5)c4c3)cc(C(C)(C)C)c2)c([2H])c1[2H]. The van der Waals surface area contributed by atoms with E-state index >= 15 is 0 Å². The summed E-state index contributed by atoms with van der Waals surface area (Å²) >= 11 is 0. The van der Waals surface area contributed by atoms with E-state index in [1.807, 2.05) is 60.9 Å². The molecular formula is C54H49N5O. The molecule has 0 fully saturated rings. The highest BCUT2D eigenvalue weighted by Crippen LogP contribution is 2.42. The third-order valence-electron chi connectivity index (χ3n) is 10.2.